The number of aliphatic hydroxyl groups is 1. The van der Waals surface area contributed by atoms with Crippen LogP contribution in [0.25, 0.3) is 0 Å². The van der Waals surface area contributed by atoms with Crippen molar-refractivity contribution >= 4 is 45.1 Å². The number of hydrogen-bond acceptors (Lipinski definition) is 4. The molecule has 0 fully saturated rings. The van der Waals surface area contributed by atoms with Gasteiger partial charge in [-0.25, -0.2) is 9.79 Å². The van der Waals surface area contributed by atoms with Gasteiger partial charge in [-0.1, -0.05) is 31.5 Å². The van der Waals surface area contributed by atoms with Crippen molar-refractivity contribution in [3.05, 3.63) is 39.0 Å². The van der Waals surface area contributed by atoms with E-state index in [1.807, 2.05) is 30.0 Å². The van der Waals surface area contributed by atoms with E-state index in [0.29, 0.717) is 16.6 Å². The van der Waals surface area contributed by atoms with Crippen molar-refractivity contribution < 1.29 is 15.0 Å². The molecule has 2 rings (SSSR count). The lowest BCUT2D eigenvalue weighted by Gasteiger charge is -2.35. The van der Waals surface area contributed by atoms with Gasteiger partial charge in [-0.15, -0.1) is 0 Å². The Hall–Kier alpha value is -1.57. The van der Waals surface area contributed by atoms with E-state index in [-0.39, 0.29) is 18.9 Å². The number of halogens is 2. The van der Waals surface area contributed by atoms with Crippen molar-refractivity contribution in [1.29, 1.82) is 0 Å². The van der Waals surface area contributed by atoms with Gasteiger partial charge in [0.05, 0.1) is 5.69 Å². The summed E-state index contributed by atoms with van der Waals surface area (Å²) in [6.45, 7) is 5.89. The monoisotopic (exact) mass is 429 g/mol. The molecule has 1 heterocycles. The number of aliphatic imine (C=N–C) groups is 1. The predicted molar refractivity (Wildman–Crippen MR) is 103 cm³/mol. The van der Waals surface area contributed by atoms with Gasteiger partial charge in [-0.3, -0.25) is 5.32 Å². The van der Waals surface area contributed by atoms with Gasteiger partial charge in [0, 0.05) is 23.1 Å². The highest BCUT2D eigenvalue weighted by atomic mass is 79.9. The van der Waals surface area contributed by atoms with Crippen LogP contribution in [0.2, 0.25) is 0 Å². The Morgan fingerprint density at radius 2 is 2.16 bits per heavy atom. The zero-order valence-corrected chi connectivity index (χ0v) is 16.6. The quantitative estimate of drug-likeness (QED) is 0.624. The molecular weight excluding hydrogens is 410 g/mol. The minimum absolute atomic E-state index is 0.165. The number of amidine groups is 1. The molecule has 0 saturated carbocycles. The number of hydrogen-bond donors (Lipinski definition) is 3. The van der Waals surface area contributed by atoms with Crippen molar-refractivity contribution in [2.24, 2.45) is 4.99 Å². The fourth-order valence-electron chi connectivity index (χ4n) is 2.66. The molecule has 1 unspecified atom stereocenters. The van der Waals surface area contributed by atoms with Gasteiger partial charge in [-0.05, 0) is 46.5 Å². The molecule has 0 aliphatic carbocycles. The fraction of sp³-hybridized carbons (Fsp3) is 0.412. The summed E-state index contributed by atoms with van der Waals surface area (Å²) in [6.07, 6.45) is -1.43. The van der Waals surface area contributed by atoms with E-state index in [9.17, 15) is 9.90 Å². The third kappa shape index (κ3) is 4.34. The number of aliphatic hydroxyl groups excluding tert-OH is 1. The highest BCUT2D eigenvalue weighted by molar-refractivity contribution is 9.10. The summed E-state index contributed by atoms with van der Waals surface area (Å²) in [5.74, 6) is 0.565. The molecular formula is C17H21BrClN3O3. The van der Waals surface area contributed by atoms with Crippen LogP contribution in [0.4, 0.5) is 10.5 Å². The molecule has 1 aliphatic rings. The molecule has 25 heavy (non-hydrogen) atoms. The SMILES string of the molecule is CC(C)c1ccc(N2C(Cl)=C(CCO)C(NC(=O)O)=NC2C)c(Br)c1. The van der Waals surface area contributed by atoms with E-state index in [1.54, 1.807) is 0 Å². The second-order valence-corrected chi connectivity index (χ2v) is 7.23. The zero-order chi connectivity index (χ0) is 18.7. The van der Waals surface area contributed by atoms with Gasteiger partial charge < -0.3 is 15.1 Å². The van der Waals surface area contributed by atoms with Crippen molar-refractivity contribution in [2.75, 3.05) is 11.5 Å². The molecule has 1 amide bonds. The lowest BCUT2D eigenvalue weighted by Crippen LogP contribution is -2.42. The molecule has 0 bridgehead atoms. The maximum absolute atomic E-state index is 11.0. The lowest BCUT2D eigenvalue weighted by atomic mass is 10.0. The maximum Gasteiger partial charge on any atom is 0.410 e. The predicted octanol–water partition coefficient (Wildman–Crippen LogP) is 4.24. The largest absolute Gasteiger partial charge is 0.465 e. The molecule has 1 aromatic rings. The number of anilines is 1. The molecule has 0 saturated heterocycles. The number of carbonyl (C=O) groups is 1. The molecule has 1 aliphatic heterocycles. The zero-order valence-electron chi connectivity index (χ0n) is 14.3. The second kappa shape index (κ2) is 8.21. The number of rotatable bonds is 4. The third-order valence-corrected chi connectivity index (χ3v) is 4.97. The van der Waals surface area contributed by atoms with E-state index in [0.717, 1.165) is 10.2 Å². The molecule has 6 nitrogen and oxygen atoms in total. The summed E-state index contributed by atoms with van der Waals surface area (Å²) >= 11 is 10.2. The summed E-state index contributed by atoms with van der Waals surface area (Å²) < 4.78 is 0.872. The number of nitrogens with one attached hydrogen (secondary N) is 1. The average molecular weight is 431 g/mol. The first-order valence-corrected chi connectivity index (χ1v) is 9.09. The van der Waals surface area contributed by atoms with E-state index in [2.05, 4.69) is 40.1 Å². The van der Waals surface area contributed by atoms with Gasteiger partial charge in [0.2, 0.25) is 0 Å². The number of nitrogens with zero attached hydrogens (tertiary/aromatic N) is 2. The molecule has 8 heteroatoms. The first-order valence-electron chi connectivity index (χ1n) is 7.92. The van der Waals surface area contributed by atoms with Crippen LogP contribution in [-0.4, -0.2) is 34.9 Å². The number of benzene rings is 1. The van der Waals surface area contributed by atoms with Crippen LogP contribution in [0.1, 0.15) is 38.7 Å². The van der Waals surface area contributed by atoms with Crippen molar-refractivity contribution in [1.82, 2.24) is 5.32 Å². The standard InChI is InChI=1S/C17H21BrClN3O3/c1-9(2)11-4-5-14(13(18)8-11)22-10(3)20-16(21-17(24)25)12(6-7-23)15(22)19/h4-5,8-10,23H,6-7H2,1-3H3,(H,20,21)(H,24,25). The highest BCUT2D eigenvalue weighted by Crippen LogP contribution is 2.37. The Labute approximate surface area is 160 Å². The first kappa shape index (κ1) is 19.8. The smallest absolute Gasteiger partial charge is 0.410 e. The molecule has 0 spiro atoms. The van der Waals surface area contributed by atoms with Crippen molar-refractivity contribution in [3.8, 4) is 0 Å². The first-order chi connectivity index (χ1) is 11.8. The maximum atomic E-state index is 11.0. The molecule has 0 aromatic heterocycles. The summed E-state index contributed by atoms with van der Waals surface area (Å²) in [5.41, 5.74) is 2.48. The third-order valence-electron chi connectivity index (χ3n) is 3.92. The lowest BCUT2D eigenvalue weighted by molar-refractivity contribution is 0.200. The Morgan fingerprint density at radius 3 is 2.68 bits per heavy atom. The highest BCUT2D eigenvalue weighted by Gasteiger charge is 2.30. The minimum Gasteiger partial charge on any atom is -0.465 e. The van der Waals surface area contributed by atoms with Gasteiger partial charge in [-0.2, -0.15) is 0 Å². The molecule has 1 aromatic carbocycles. The number of amides is 1. The second-order valence-electron chi connectivity index (χ2n) is 6.02. The van der Waals surface area contributed by atoms with Crippen LogP contribution in [-0.2, 0) is 0 Å². The van der Waals surface area contributed by atoms with Crippen LogP contribution in [0, 0.1) is 0 Å². The summed E-state index contributed by atoms with van der Waals surface area (Å²) in [4.78, 5) is 17.2. The fourth-order valence-corrected chi connectivity index (χ4v) is 3.66. The average Bonchev–Trinajstić information content (AvgIpc) is 2.51. The van der Waals surface area contributed by atoms with Gasteiger partial charge in [0.25, 0.3) is 0 Å². The summed E-state index contributed by atoms with van der Waals surface area (Å²) in [7, 11) is 0. The van der Waals surface area contributed by atoms with Crippen LogP contribution in [0.3, 0.4) is 0 Å². The molecule has 3 N–H and O–H groups in total. The van der Waals surface area contributed by atoms with E-state index in [1.165, 1.54) is 5.56 Å². The number of carboxylic acid groups (broad SMARTS) is 1. The molecule has 136 valence electrons. The van der Waals surface area contributed by atoms with Crippen molar-refractivity contribution in [2.45, 2.75) is 39.3 Å². The normalized spacial score (nSPS) is 17.8. The van der Waals surface area contributed by atoms with Gasteiger partial charge in [0.1, 0.15) is 17.2 Å². The topological polar surface area (TPSA) is 85.2 Å². The summed E-state index contributed by atoms with van der Waals surface area (Å²) in [5, 5.41) is 20.9. The van der Waals surface area contributed by atoms with Crippen LogP contribution in [0.5, 0.6) is 0 Å². The van der Waals surface area contributed by atoms with E-state index in [4.69, 9.17) is 16.7 Å². The van der Waals surface area contributed by atoms with Crippen LogP contribution in [0.15, 0.2) is 38.4 Å². The van der Waals surface area contributed by atoms with Crippen LogP contribution >= 0.6 is 27.5 Å². The van der Waals surface area contributed by atoms with Gasteiger partial charge >= 0.3 is 6.09 Å². The minimum atomic E-state index is -1.22. The van der Waals surface area contributed by atoms with E-state index >= 15 is 0 Å². The molecule has 1 atom stereocenters. The van der Waals surface area contributed by atoms with Gasteiger partial charge in [0.15, 0.2) is 0 Å². The Balaban J connectivity index is 2.48. The molecule has 0 radical (unpaired) electrons. The van der Waals surface area contributed by atoms with Crippen molar-refractivity contribution in [3.63, 3.8) is 0 Å². The van der Waals surface area contributed by atoms with E-state index < -0.39 is 12.3 Å². The Kier molecular flexibility index (Phi) is 6.48. The Bertz CT molecular complexity index is 734. The summed E-state index contributed by atoms with van der Waals surface area (Å²) in [6, 6.07) is 6.03. The van der Waals surface area contributed by atoms with Crippen LogP contribution < -0.4 is 10.2 Å². The Morgan fingerprint density at radius 1 is 1.48 bits per heavy atom.